The van der Waals surface area contributed by atoms with E-state index < -0.39 is 0 Å². The van der Waals surface area contributed by atoms with Gasteiger partial charge in [0.1, 0.15) is 0 Å². The number of rotatable bonds is 0. The van der Waals surface area contributed by atoms with Gasteiger partial charge in [0.2, 0.25) is 0 Å². The molecule has 0 aromatic rings. The van der Waals surface area contributed by atoms with Crippen molar-refractivity contribution in [3.05, 3.63) is 12.2 Å². The van der Waals surface area contributed by atoms with Crippen molar-refractivity contribution in [2.24, 2.45) is 0 Å². The summed E-state index contributed by atoms with van der Waals surface area (Å²) >= 11 is 7.02. The lowest BCUT2D eigenvalue weighted by molar-refractivity contribution is 0.765. The summed E-state index contributed by atoms with van der Waals surface area (Å²) in [5, 5.41) is 0. The van der Waals surface area contributed by atoms with E-state index in [2.05, 4.69) is 44.0 Å². The van der Waals surface area contributed by atoms with Gasteiger partial charge >= 0.3 is 0 Å². The quantitative estimate of drug-likeness (QED) is 0.451. The van der Waals surface area contributed by atoms with E-state index in [0.717, 1.165) is 0 Å². The third-order valence-electron chi connectivity index (χ3n) is 1.25. The molecule has 2 atom stereocenters. The van der Waals surface area contributed by atoms with Crippen LogP contribution >= 0.6 is 31.9 Å². The number of hydrogen-bond donors (Lipinski definition) is 0. The molecule has 0 aliphatic heterocycles. The highest BCUT2D eigenvalue weighted by molar-refractivity contribution is 9.10. The standard InChI is InChI=1S/C6H8Br2/c7-5-1-2-6(8)4-3-5/h1-2,5-6H,3-4H2/t5-,6-/m0/s1. The molecule has 0 saturated heterocycles. The zero-order valence-electron chi connectivity index (χ0n) is 4.48. The molecule has 2 heteroatoms. The molecular formula is C6H8Br2. The topological polar surface area (TPSA) is 0 Å². The molecule has 0 N–H and O–H groups in total. The number of halogens is 2. The number of hydrogen-bond acceptors (Lipinski definition) is 0. The Morgan fingerprint density at radius 3 is 1.62 bits per heavy atom. The Hall–Kier alpha value is 0.700. The van der Waals surface area contributed by atoms with E-state index >= 15 is 0 Å². The molecule has 1 aliphatic carbocycles. The maximum atomic E-state index is 3.51. The first kappa shape index (κ1) is 6.81. The maximum Gasteiger partial charge on any atom is 0.0326 e. The van der Waals surface area contributed by atoms with Gasteiger partial charge in [-0.15, -0.1) is 0 Å². The van der Waals surface area contributed by atoms with Crippen molar-refractivity contribution in [2.45, 2.75) is 22.5 Å². The largest absolute Gasteiger partial charge is 0.0845 e. The van der Waals surface area contributed by atoms with Crippen LogP contribution in [0.25, 0.3) is 0 Å². The fourth-order valence-electron chi connectivity index (χ4n) is 0.752. The highest BCUT2D eigenvalue weighted by atomic mass is 79.9. The number of allylic oxidation sites excluding steroid dienone is 2. The second-order valence-corrected chi connectivity index (χ2v) is 4.35. The fourth-order valence-corrected chi connectivity index (χ4v) is 1.63. The molecule has 8 heavy (non-hydrogen) atoms. The Labute approximate surface area is 66.6 Å². The van der Waals surface area contributed by atoms with Gasteiger partial charge in [-0.2, -0.15) is 0 Å². The van der Waals surface area contributed by atoms with E-state index in [1.165, 1.54) is 12.8 Å². The molecule has 0 saturated carbocycles. The Bertz CT molecular complexity index is 86.7. The average molecular weight is 240 g/mol. The van der Waals surface area contributed by atoms with Crippen LogP contribution in [-0.2, 0) is 0 Å². The SMILES string of the molecule is Br[C@H]1C=C[C@H](Br)CC1. The van der Waals surface area contributed by atoms with Gasteiger partial charge in [0, 0.05) is 9.65 Å². The van der Waals surface area contributed by atoms with Gasteiger partial charge in [-0.05, 0) is 12.8 Å². The van der Waals surface area contributed by atoms with Crippen molar-refractivity contribution in [1.82, 2.24) is 0 Å². The lowest BCUT2D eigenvalue weighted by atomic mass is 10.1. The summed E-state index contributed by atoms with van der Waals surface area (Å²) in [6, 6.07) is 0. The lowest BCUT2D eigenvalue weighted by Gasteiger charge is -2.12. The minimum atomic E-state index is 0.622. The molecular weight excluding hydrogens is 232 g/mol. The Morgan fingerprint density at radius 2 is 1.38 bits per heavy atom. The van der Waals surface area contributed by atoms with Gasteiger partial charge in [0.25, 0.3) is 0 Å². The molecule has 46 valence electrons. The first-order chi connectivity index (χ1) is 3.79. The predicted octanol–water partition coefficient (Wildman–Crippen LogP) is 2.86. The third kappa shape index (κ3) is 1.90. The van der Waals surface area contributed by atoms with E-state index in [0.29, 0.717) is 9.65 Å². The van der Waals surface area contributed by atoms with Crippen molar-refractivity contribution in [3.63, 3.8) is 0 Å². The van der Waals surface area contributed by atoms with Gasteiger partial charge in [-0.25, -0.2) is 0 Å². The number of alkyl halides is 2. The van der Waals surface area contributed by atoms with Crippen molar-refractivity contribution in [2.75, 3.05) is 0 Å². The Balaban J connectivity index is 2.42. The summed E-state index contributed by atoms with van der Waals surface area (Å²) in [6.07, 6.45) is 6.91. The summed E-state index contributed by atoms with van der Waals surface area (Å²) in [4.78, 5) is 1.24. The molecule has 0 amide bonds. The summed E-state index contributed by atoms with van der Waals surface area (Å²) < 4.78 is 0. The van der Waals surface area contributed by atoms with E-state index in [1.54, 1.807) is 0 Å². The smallest absolute Gasteiger partial charge is 0.0326 e. The summed E-state index contributed by atoms with van der Waals surface area (Å²) in [5.41, 5.74) is 0. The molecule has 0 heterocycles. The zero-order valence-corrected chi connectivity index (χ0v) is 7.65. The molecule has 0 radical (unpaired) electrons. The second kappa shape index (κ2) is 3.02. The molecule has 0 aromatic carbocycles. The molecule has 1 rings (SSSR count). The summed E-state index contributed by atoms with van der Waals surface area (Å²) in [5.74, 6) is 0. The Morgan fingerprint density at radius 1 is 1.00 bits per heavy atom. The molecule has 0 fully saturated rings. The van der Waals surface area contributed by atoms with Crippen molar-refractivity contribution in [1.29, 1.82) is 0 Å². The monoisotopic (exact) mass is 238 g/mol. The first-order valence-electron chi connectivity index (χ1n) is 2.75. The van der Waals surface area contributed by atoms with Gasteiger partial charge < -0.3 is 0 Å². The third-order valence-corrected chi connectivity index (χ3v) is 2.77. The van der Waals surface area contributed by atoms with Gasteiger partial charge in [0.05, 0.1) is 0 Å². The van der Waals surface area contributed by atoms with Crippen LogP contribution in [0.1, 0.15) is 12.8 Å². The highest BCUT2D eigenvalue weighted by Gasteiger charge is 2.09. The van der Waals surface area contributed by atoms with Gasteiger partial charge in [-0.3, -0.25) is 0 Å². The van der Waals surface area contributed by atoms with Crippen LogP contribution < -0.4 is 0 Å². The fraction of sp³-hybridized carbons (Fsp3) is 0.667. The minimum absolute atomic E-state index is 0.622. The normalized spacial score (nSPS) is 37.8. The van der Waals surface area contributed by atoms with Crippen molar-refractivity contribution in [3.8, 4) is 0 Å². The lowest BCUT2D eigenvalue weighted by Crippen LogP contribution is -2.05. The molecule has 0 nitrogen and oxygen atoms in total. The summed E-state index contributed by atoms with van der Waals surface area (Å²) in [7, 11) is 0. The van der Waals surface area contributed by atoms with Crippen molar-refractivity contribution >= 4 is 31.9 Å². The van der Waals surface area contributed by atoms with Crippen LogP contribution in [0.15, 0.2) is 12.2 Å². The van der Waals surface area contributed by atoms with Crippen molar-refractivity contribution < 1.29 is 0 Å². The maximum absolute atomic E-state index is 3.51. The molecule has 0 bridgehead atoms. The van der Waals surface area contributed by atoms with Gasteiger partial charge in [-0.1, -0.05) is 44.0 Å². The van der Waals surface area contributed by atoms with Crippen LogP contribution in [0.5, 0.6) is 0 Å². The Kier molecular flexibility index (Phi) is 2.57. The van der Waals surface area contributed by atoms with Crippen LogP contribution in [0.3, 0.4) is 0 Å². The molecule has 0 spiro atoms. The van der Waals surface area contributed by atoms with E-state index in [9.17, 15) is 0 Å². The average Bonchev–Trinajstić information content (AvgIpc) is 1.77. The van der Waals surface area contributed by atoms with E-state index in [4.69, 9.17) is 0 Å². The van der Waals surface area contributed by atoms with Crippen LogP contribution in [0.2, 0.25) is 0 Å². The predicted molar refractivity (Wildman–Crippen MR) is 43.8 cm³/mol. The van der Waals surface area contributed by atoms with E-state index in [-0.39, 0.29) is 0 Å². The first-order valence-corrected chi connectivity index (χ1v) is 4.58. The minimum Gasteiger partial charge on any atom is -0.0845 e. The molecule has 0 unspecified atom stereocenters. The van der Waals surface area contributed by atoms with Crippen LogP contribution in [0.4, 0.5) is 0 Å². The van der Waals surface area contributed by atoms with E-state index in [1.807, 2.05) is 0 Å². The molecule has 0 aromatic heterocycles. The van der Waals surface area contributed by atoms with Crippen LogP contribution in [0, 0.1) is 0 Å². The van der Waals surface area contributed by atoms with Gasteiger partial charge in [0.15, 0.2) is 0 Å². The van der Waals surface area contributed by atoms with Crippen LogP contribution in [-0.4, -0.2) is 9.65 Å². The highest BCUT2D eigenvalue weighted by Crippen LogP contribution is 2.21. The second-order valence-electron chi connectivity index (χ2n) is 1.99. The summed E-state index contributed by atoms with van der Waals surface area (Å²) in [6.45, 7) is 0. The zero-order chi connectivity index (χ0) is 5.98. The molecule has 1 aliphatic rings.